The number of hydrogen-bond acceptors (Lipinski definition) is 5. The van der Waals surface area contributed by atoms with E-state index in [4.69, 9.17) is 4.74 Å². The Bertz CT molecular complexity index is 1150. The van der Waals surface area contributed by atoms with Crippen LogP contribution in [0.1, 0.15) is 31.4 Å². The van der Waals surface area contributed by atoms with Gasteiger partial charge in [0.15, 0.2) is 0 Å². The van der Waals surface area contributed by atoms with Gasteiger partial charge in [-0.3, -0.25) is 14.4 Å². The molecule has 2 fully saturated rings. The van der Waals surface area contributed by atoms with E-state index in [0.29, 0.717) is 19.6 Å². The zero-order chi connectivity index (χ0) is 25.8. The van der Waals surface area contributed by atoms with Gasteiger partial charge in [-0.2, -0.15) is 0 Å². The lowest BCUT2D eigenvalue weighted by molar-refractivity contribution is -0.146. The van der Waals surface area contributed by atoms with E-state index in [2.05, 4.69) is 0 Å². The van der Waals surface area contributed by atoms with E-state index in [9.17, 15) is 19.5 Å². The first-order valence-corrected chi connectivity index (χ1v) is 12.9. The molecule has 3 amide bonds. The van der Waals surface area contributed by atoms with Gasteiger partial charge in [-0.15, -0.1) is 0 Å². The third-order valence-corrected chi connectivity index (χ3v) is 8.07. The Morgan fingerprint density at radius 3 is 2.61 bits per heavy atom. The zero-order valence-corrected chi connectivity index (χ0v) is 21.4. The van der Waals surface area contributed by atoms with Crippen LogP contribution in [-0.2, 0) is 19.1 Å². The van der Waals surface area contributed by atoms with Gasteiger partial charge in [0.1, 0.15) is 11.6 Å². The molecule has 1 spiro atoms. The second-order valence-corrected chi connectivity index (χ2v) is 10.5. The van der Waals surface area contributed by atoms with E-state index in [1.165, 1.54) is 4.90 Å². The highest BCUT2D eigenvalue weighted by Gasteiger charge is 2.72. The largest absolute Gasteiger partial charge is 0.394 e. The molecule has 2 saturated heterocycles. The van der Waals surface area contributed by atoms with E-state index in [1.807, 2.05) is 63.3 Å². The third kappa shape index (κ3) is 3.53. The van der Waals surface area contributed by atoms with Crippen molar-refractivity contribution in [1.29, 1.82) is 0 Å². The molecule has 0 aromatic heterocycles. The van der Waals surface area contributed by atoms with Gasteiger partial charge in [0.05, 0.1) is 30.6 Å². The van der Waals surface area contributed by atoms with Crippen molar-refractivity contribution < 1.29 is 24.2 Å². The molecule has 0 saturated carbocycles. The van der Waals surface area contributed by atoms with Crippen LogP contribution in [0.3, 0.4) is 0 Å². The minimum Gasteiger partial charge on any atom is -0.394 e. The number of rotatable bonds is 5. The number of fused-ring (bicyclic) bond motifs is 2. The summed E-state index contributed by atoms with van der Waals surface area (Å²) >= 11 is 0. The van der Waals surface area contributed by atoms with E-state index in [0.717, 1.165) is 23.2 Å². The monoisotopic (exact) mass is 493 g/mol. The molecular formula is C28H35N3O5. The average molecular weight is 494 g/mol. The number of amides is 3. The van der Waals surface area contributed by atoms with E-state index in [-0.39, 0.29) is 24.3 Å². The van der Waals surface area contributed by atoms with E-state index < -0.39 is 35.6 Å². The number of hydrogen-bond donors (Lipinski definition) is 1. The molecule has 0 radical (unpaired) electrons. The first kappa shape index (κ1) is 24.7. The highest BCUT2D eigenvalue weighted by atomic mass is 16.5. The maximum absolute atomic E-state index is 14.3. The summed E-state index contributed by atoms with van der Waals surface area (Å²) in [6.45, 7) is 8.78. The Hall–Kier alpha value is -2.97. The first-order valence-electron chi connectivity index (χ1n) is 12.9. The van der Waals surface area contributed by atoms with Crippen LogP contribution in [0.2, 0.25) is 0 Å². The molecule has 1 aromatic rings. The van der Waals surface area contributed by atoms with Crippen molar-refractivity contribution in [3.63, 3.8) is 0 Å². The van der Waals surface area contributed by atoms with Gasteiger partial charge < -0.3 is 24.5 Å². The lowest BCUT2D eigenvalue weighted by Gasteiger charge is -2.37. The van der Waals surface area contributed by atoms with Gasteiger partial charge in [-0.05, 0) is 44.4 Å². The van der Waals surface area contributed by atoms with Crippen molar-refractivity contribution in [2.45, 2.75) is 57.9 Å². The second-order valence-electron chi connectivity index (χ2n) is 10.5. The molecule has 1 unspecified atom stereocenters. The Kier molecular flexibility index (Phi) is 6.29. The van der Waals surface area contributed by atoms with Crippen molar-refractivity contribution in [3.8, 4) is 0 Å². The van der Waals surface area contributed by atoms with Crippen LogP contribution in [0.25, 0.3) is 0 Å². The lowest BCUT2D eigenvalue weighted by Crippen LogP contribution is -2.57. The van der Waals surface area contributed by atoms with Crippen LogP contribution in [0.4, 0.5) is 5.69 Å². The van der Waals surface area contributed by atoms with Crippen LogP contribution in [0.5, 0.6) is 0 Å². The summed E-state index contributed by atoms with van der Waals surface area (Å²) in [5, 5.41) is 10.1. The summed E-state index contributed by atoms with van der Waals surface area (Å²) in [7, 11) is 0. The fraction of sp³-hybridized carbons (Fsp3) is 0.536. The SMILES string of the molecule is CCCN1CC=C[C@@H]2O[C@]34C=CCN(c5cc(C)ccc5C)C(=O)C3N([C@H](C)CO)C(=O)[C@@H]4[C@@H]2C1=O. The predicted molar refractivity (Wildman–Crippen MR) is 135 cm³/mol. The topological polar surface area (TPSA) is 90.4 Å². The normalized spacial score (nSPS) is 32.4. The molecule has 4 heterocycles. The molecule has 1 aromatic carbocycles. The van der Waals surface area contributed by atoms with Crippen molar-refractivity contribution >= 4 is 23.4 Å². The standard InChI is InChI=1S/C28H35N3O5/c1-5-12-29-13-6-8-21-22(25(29)33)23-26(34)31(19(4)16-32)24-27(35)30(14-7-11-28(23,24)36-21)20-15-17(2)9-10-18(20)3/h6-11,15,19,21-24,32H,5,12-14,16H2,1-4H3/t19-,21+,22-,23+,24?,28+/m1/s1. The van der Waals surface area contributed by atoms with Gasteiger partial charge in [0.25, 0.3) is 5.91 Å². The number of anilines is 1. The molecule has 1 N–H and O–H groups in total. The molecule has 6 atom stereocenters. The Balaban J connectivity index is 1.64. The Labute approximate surface area is 212 Å². The Morgan fingerprint density at radius 2 is 1.89 bits per heavy atom. The highest BCUT2D eigenvalue weighted by Crippen LogP contribution is 2.54. The molecule has 5 rings (SSSR count). The van der Waals surface area contributed by atoms with Crippen LogP contribution in [0, 0.1) is 25.7 Å². The van der Waals surface area contributed by atoms with E-state index >= 15 is 0 Å². The third-order valence-electron chi connectivity index (χ3n) is 8.07. The number of carbonyl (C=O) groups is 3. The van der Waals surface area contributed by atoms with Crippen LogP contribution in [0.15, 0.2) is 42.5 Å². The van der Waals surface area contributed by atoms with Crippen LogP contribution < -0.4 is 4.90 Å². The summed E-state index contributed by atoms with van der Waals surface area (Å²) in [5.74, 6) is -2.24. The smallest absolute Gasteiger partial charge is 0.253 e. The van der Waals surface area contributed by atoms with Crippen molar-refractivity contribution in [3.05, 3.63) is 53.6 Å². The number of aryl methyl sites for hydroxylation is 2. The van der Waals surface area contributed by atoms with Crippen molar-refractivity contribution in [2.24, 2.45) is 11.8 Å². The molecule has 8 nitrogen and oxygen atoms in total. The highest BCUT2D eigenvalue weighted by molar-refractivity contribution is 6.06. The zero-order valence-electron chi connectivity index (χ0n) is 21.4. The number of aliphatic hydroxyl groups excluding tert-OH is 1. The number of aliphatic hydroxyl groups is 1. The number of likely N-dealkylation sites (tertiary alicyclic amines) is 1. The molecule has 36 heavy (non-hydrogen) atoms. The summed E-state index contributed by atoms with van der Waals surface area (Å²) in [4.78, 5) is 47.1. The van der Waals surface area contributed by atoms with Crippen molar-refractivity contribution in [2.75, 3.05) is 31.1 Å². The fourth-order valence-electron chi connectivity index (χ4n) is 6.39. The lowest BCUT2D eigenvalue weighted by atomic mass is 9.77. The molecule has 0 bridgehead atoms. The number of nitrogens with zero attached hydrogens (tertiary/aromatic N) is 3. The molecular weight excluding hydrogens is 458 g/mol. The molecule has 8 heteroatoms. The molecule has 192 valence electrons. The molecule has 4 aliphatic heterocycles. The van der Waals surface area contributed by atoms with Gasteiger partial charge >= 0.3 is 0 Å². The second kappa shape index (κ2) is 9.16. The maximum Gasteiger partial charge on any atom is 0.253 e. The summed E-state index contributed by atoms with van der Waals surface area (Å²) in [6.07, 6.45) is 7.74. The fourth-order valence-corrected chi connectivity index (χ4v) is 6.39. The average Bonchev–Trinajstić information content (AvgIpc) is 3.18. The van der Waals surface area contributed by atoms with E-state index in [1.54, 1.807) is 16.7 Å². The summed E-state index contributed by atoms with van der Waals surface area (Å²) < 4.78 is 6.63. The van der Waals surface area contributed by atoms with Gasteiger partial charge in [-0.25, -0.2) is 0 Å². The molecule has 4 aliphatic rings. The van der Waals surface area contributed by atoms with Gasteiger partial charge in [-0.1, -0.05) is 43.4 Å². The summed E-state index contributed by atoms with van der Waals surface area (Å²) in [6, 6.07) is 4.37. The van der Waals surface area contributed by atoms with Gasteiger partial charge in [0, 0.05) is 25.3 Å². The van der Waals surface area contributed by atoms with Crippen LogP contribution >= 0.6 is 0 Å². The van der Waals surface area contributed by atoms with Gasteiger partial charge in [0.2, 0.25) is 11.8 Å². The number of benzene rings is 1. The molecule has 0 aliphatic carbocycles. The summed E-state index contributed by atoms with van der Waals surface area (Å²) in [5.41, 5.74) is 1.48. The van der Waals surface area contributed by atoms with Crippen molar-refractivity contribution in [1.82, 2.24) is 9.80 Å². The number of carbonyl (C=O) groups excluding carboxylic acids is 3. The first-order chi connectivity index (χ1) is 17.2. The minimum atomic E-state index is -1.28. The van der Waals surface area contributed by atoms with Crippen LogP contribution in [-0.4, -0.2) is 82.7 Å². The minimum absolute atomic E-state index is 0.115. The Morgan fingerprint density at radius 1 is 1.11 bits per heavy atom. The predicted octanol–water partition coefficient (Wildman–Crippen LogP) is 1.98. The quantitative estimate of drug-likeness (QED) is 0.634. The maximum atomic E-state index is 14.3. The number of ether oxygens (including phenoxy) is 1.